The standard InChI is InChI=1S/C25H37N3O5S/c1-23(2,3)33-22(29)28(21-14-11-12-19(27-21)15-17-32-34(8,30)31)25(6,7)18-24(4,5)20-13-9-10-16-26-20/h9-14,16H,15,17-18H2,1-8H3. The molecule has 2 aromatic heterocycles. The smallest absolute Gasteiger partial charge is 0.416 e. The number of amides is 1. The summed E-state index contributed by atoms with van der Waals surface area (Å²) in [6.45, 7) is 13.6. The van der Waals surface area contributed by atoms with E-state index in [4.69, 9.17) is 8.92 Å². The lowest BCUT2D eigenvalue weighted by atomic mass is 9.76. The van der Waals surface area contributed by atoms with Gasteiger partial charge in [-0.15, -0.1) is 0 Å². The minimum atomic E-state index is -3.54. The van der Waals surface area contributed by atoms with Crippen LogP contribution < -0.4 is 4.90 Å². The third-order valence-corrected chi connectivity index (χ3v) is 5.69. The molecule has 0 spiro atoms. The Morgan fingerprint density at radius 2 is 1.68 bits per heavy atom. The highest BCUT2D eigenvalue weighted by atomic mass is 32.2. The predicted octanol–water partition coefficient (Wildman–Crippen LogP) is 4.88. The quantitative estimate of drug-likeness (QED) is 0.461. The maximum atomic E-state index is 13.4. The fourth-order valence-electron chi connectivity index (χ4n) is 4.00. The molecule has 2 rings (SSSR count). The molecular formula is C25H37N3O5S. The Morgan fingerprint density at radius 1 is 1.00 bits per heavy atom. The summed E-state index contributed by atoms with van der Waals surface area (Å²) in [5, 5.41) is 0. The van der Waals surface area contributed by atoms with Crippen LogP contribution in [0.2, 0.25) is 0 Å². The first-order valence-corrected chi connectivity index (χ1v) is 13.1. The number of ether oxygens (including phenoxy) is 1. The fraction of sp³-hybridized carbons (Fsp3) is 0.560. The molecule has 0 aromatic carbocycles. The maximum absolute atomic E-state index is 13.4. The molecule has 9 heteroatoms. The number of rotatable bonds is 9. The number of nitrogens with zero attached hydrogens (tertiary/aromatic N) is 3. The van der Waals surface area contributed by atoms with Crippen molar-refractivity contribution in [2.45, 2.75) is 77.9 Å². The molecule has 0 bridgehead atoms. The molecule has 0 aliphatic carbocycles. The Labute approximate surface area is 203 Å². The summed E-state index contributed by atoms with van der Waals surface area (Å²) >= 11 is 0. The molecule has 0 N–H and O–H groups in total. The number of aromatic nitrogens is 2. The molecule has 0 saturated heterocycles. The molecular weight excluding hydrogens is 454 g/mol. The van der Waals surface area contributed by atoms with Crippen LogP contribution in [0.4, 0.5) is 10.6 Å². The molecule has 0 atom stereocenters. The van der Waals surface area contributed by atoms with E-state index in [2.05, 4.69) is 23.8 Å². The highest BCUT2D eigenvalue weighted by Gasteiger charge is 2.41. The van der Waals surface area contributed by atoms with Crippen molar-refractivity contribution in [3.8, 4) is 0 Å². The van der Waals surface area contributed by atoms with E-state index >= 15 is 0 Å². The number of carbonyl (C=O) groups excluding carboxylic acids is 1. The van der Waals surface area contributed by atoms with Crippen molar-refractivity contribution in [1.82, 2.24) is 9.97 Å². The SMILES string of the molecule is CC(C)(C)OC(=O)N(c1cccc(CCOS(C)(=O)=O)n1)C(C)(C)CC(C)(C)c1ccccn1. The van der Waals surface area contributed by atoms with E-state index in [0.29, 0.717) is 17.9 Å². The summed E-state index contributed by atoms with van der Waals surface area (Å²) in [6, 6.07) is 11.1. The summed E-state index contributed by atoms with van der Waals surface area (Å²) in [5.74, 6) is 0.424. The van der Waals surface area contributed by atoms with Crippen LogP contribution in [0.1, 0.15) is 66.3 Å². The monoisotopic (exact) mass is 491 g/mol. The van der Waals surface area contributed by atoms with Gasteiger partial charge in [-0.1, -0.05) is 26.0 Å². The summed E-state index contributed by atoms with van der Waals surface area (Å²) < 4.78 is 33.2. The van der Waals surface area contributed by atoms with E-state index in [1.165, 1.54) is 0 Å². The van der Waals surface area contributed by atoms with Crippen LogP contribution in [0.15, 0.2) is 42.6 Å². The van der Waals surface area contributed by atoms with Gasteiger partial charge >= 0.3 is 6.09 Å². The van der Waals surface area contributed by atoms with Gasteiger partial charge in [-0.05, 0) is 65.3 Å². The van der Waals surface area contributed by atoms with Gasteiger partial charge in [0.2, 0.25) is 0 Å². The van der Waals surface area contributed by atoms with Crippen molar-refractivity contribution in [2.24, 2.45) is 0 Å². The van der Waals surface area contributed by atoms with Gasteiger partial charge < -0.3 is 4.74 Å². The van der Waals surface area contributed by atoms with Gasteiger partial charge in [-0.25, -0.2) is 9.78 Å². The average molecular weight is 492 g/mol. The van der Waals surface area contributed by atoms with Crippen LogP contribution in [0.5, 0.6) is 0 Å². The third kappa shape index (κ3) is 8.36. The van der Waals surface area contributed by atoms with E-state index in [1.54, 1.807) is 29.3 Å². The van der Waals surface area contributed by atoms with Gasteiger partial charge in [0.25, 0.3) is 10.1 Å². The van der Waals surface area contributed by atoms with Crippen molar-refractivity contribution in [3.05, 3.63) is 54.0 Å². The first-order valence-electron chi connectivity index (χ1n) is 11.3. The van der Waals surface area contributed by atoms with Crippen LogP contribution in [-0.2, 0) is 30.9 Å². The predicted molar refractivity (Wildman–Crippen MR) is 133 cm³/mol. The minimum absolute atomic E-state index is 0.0299. The minimum Gasteiger partial charge on any atom is -0.443 e. The molecule has 2 heterocycles. The Hall–Kier alpha value is -2.52. The summed E-state index contributed by atoms with van der Waals surface area (Å²) in [4.78, 5) is 24.2. The van der Waals surface area contributed by atoms with Gasteiger partial charge in [0, 0.05) is 35.0 Å². The van der Waals surface area contributed by atoms with Gasteiger partial charge in [-0.3, -0.25) is 14.1 Å². The molecule has 0 fully saturated rings. The number of pyridine rings is 2. The topological polar surface area (TPSA) is 98.7 Å². The van der Waals surface area contributed by atoms with E-state index < -0.39 is 27.4 Å². The van der Waals surface area contributed by atoms with Crippen molar-refractivity contribution >= 4 is 22.0 Å². The zero-order valence-electron chi connectivity index (χ0n) is 21.5. The Bertz CT molecular complexity index is 1080. The first kappa shape index (κ1) is 27.7. The van der Waals surface area contributed by atoms with Gasteiger partial charge in [0.05, 0.1) is 12.9 Å². The number of anilines is 1. The second-order valence-electron chi connectivity index (χ2n) is 10.7. The normalized spacial score (nSPS) is 12.9. The molecule has 0 aliphatic heterocycles. The Balaban J connectivity index is 2.41. The molecule has 0 saturated carbocycles. The van der Waals surface area contributed by atoms with Crippen molar-refractivity contribution in [1.29, 1.82) is 0 Å². The number of hydrogen-bond donors (Lipinski definition) is 0. The van der Waals surface area contributed by atoms with Crippen molar-refractivity contribution in [3.63, 3.8) is 0 Å². The molecule has 34 heavy (non-hydrogen) atoms. The van der Waals surface area contributed by atoms with E-state index in [0.717, 1.165) is 11.9 Å². The van der Waals surface area contributed by atoms with Gasteiger partial charge in [0.15, 0.2) is 0 Å². The fourth-order valence-corrected chi connectivity index (χ4v) is 4.39. The second kappa shape index (κ2) is 10.4. The number of hydrogen-bond acceptors (Lipinski definition) is 7. The van der Waals surface area contributed by atoms with Crippen LogP contribution >= 0.6 is 0 Å². The van der Waals surface area contributed by atoms with Crippen molar-refractivity contribution in [2.75, 3.05) is 17.8 Å². The van der Waals surface area contributed by atoms with Crippen LogP contribution in [0.3, 0.4) is 0 Å². The van der Waals surface area contributed by atoms with Crippen molar-refractivity contribution < 1.29 is 22.1 Å². The second-order valence-corrected chi connectivity index (χ2v) is 12.3. The molecule has 2 aromatic rings. The summed E-state index contributed by atoms with van der Waals surface area (Å²) in [7, 11) is -3.54. The molecule has 8 nitrogen and oxygen atoms in total. The lowest BCUT2D eigenvalue weighted by Gasteiger charge is -2.42. The average Bonchev–Trinajstić information content (AvgIpc) is 2.65. The summed E-state index contributed by atoms with van der Waals surface area (Å²) in [6.07, 6.45) is 3.13. The van der Waals surface area contributed by atoms with Crippen LogP contribution in [0.25, 0.3) is 0 Å². The third-order valence-electron chi connectivity index (χ3n) is 5.09. The Morgan fingerprint density at radius 3 is 2.24 bits per heavy atom. The molecule has 0 radical (unpaired) electrons. The molecule has 1 amide bonds. The zero-order chi connectivity index (χ0) is 25.8. The van der Waals surface area contributed by atoms with E-state index in [1.807, 2.05) is 52.8 Å². The van der Waals surface area contributed by atoms with Crippen LogP contribution in [-0.4, -0.2) is 48.5 Å². The highest BCUT2D eigenvalue weighted by molar-refractivity contribution is 7.85. The van der Waals surface area contributed by atoms with Crippen LogP contribution in [0, 0.1) is 0 Å². The van der Waals surface area contributed by atoms with Gasteiger partial charge in [-0.2, -0.15) is 8.42 Å². The first-order chi connectivity index (χ1) is 15.5. The number of carbonyl (C=O) groups is 1. The molecule has 0 aliphatic rings. The van der Waals surface area contributed by atoms with E-state index in [-0.39, 0.29) is 18.4 Å². The highest BCUT2D eigenvalue weighted by Crippen LogP contribution is 2.37. The largest absolute Gasteiger partial charge is 0.443 e. The molecule has 0 unspecified atom stereocenters. The zero-order valence-corrected chi connectivity index (χ0v) is 22.3. The lowest BCUT2D eigenvalue weighted by Crippen LogP contribution is -2.53. The lowest BCUT2D eigenvalue weighted by molar-refractivity contribution is 0.0534. The maximum Gasteiger partial charge on any atom is 0.416 e. The summed E-state index contributed by atoms with van der Waals surface area (Å²) in [5.41, 5.74) is -0.200. The van der Waals surface area contributed by atoms with E-state index in [9.17, 15) is 13.2 Å². The Kier molecular flexibility index (Phi) is 8.48. The molecule has 188 valence electrons. The van der Waals surface area contributed by atoms with Gasteiger partial charge in [0.1, 0.15) is 11.4 Å².